The van der Waals surface area contributed by atoms with Crippen LogP contribution in [0.1, 0.15) is 12.5 Å². The standard InChI is InChI=1S/C20H19FN4O5/c1-12(26)22-14-5-4-6-15(10-14)25-20(28)24(19(27)18(23-25)30-3)11-13-7-8-16(21)17(9-13)29-2/h4-10H,11H2,1-3H3,(H,22,26). The Hall–Kier alpha value is -3.95. The minimum atomic E-state index is -0.736. The fraction of sp³-hybridized carbons (Fsp3) is 0.200. The molecule has 0 atom stereocenters. The van der Waals surface area contributed by atoms with Crippen molar-refractivity contribution in [2.75, 3.05) is 19.5 Å². The first-order valence-corrected chi connectivity index (χ1v) is 8.82. The molecule has 0 radical (unpaired) electrons. The number of nitrogens with zero attached hydrogens (tertiary/aromatic N) is 3. The van der Waals surface area contributed by atoms with Gasteiger partial charge in [0, 0.05) is 12.6 Å². The molecule has 0 fully saturated rings. The fourth-order valence-electron chi connectivity index (χ4n) is 2.83. The number of aromatic nitrogens is 3. The van der Waals surface area contributed by atoms with E-state index >= 15 is 0 Å². The number of methoxy groups -OCH3 is 2. The highest BCUT2D eigenvalue weighted by Crippen LogP contribution is 2.18. The largest absolute Gasteiger partial charge is 0.494 e. The Morgan fingerprint density at radius 2 is 1.90 bits per heavy atom. The Morgan fingerprint density at radius 3 is 2.57 bits per heavy atom. The van der Waals surface area contributed by atoms with Crippen molar-refractivity contribution in [3.63, 3.8) is 0 Å². The van der Waals surface area contributed by atoms with Crippen LogP contribution in [0.3, 0.4) is 0 Å². The second-order valence-electron chi connectivity index (χ2n) is 6.30. The van der Waals surface area contributed by atoms with Crippen LogP contribution in [0.4, 0.5) is 10.1 Å². The van der Waals surface area contributed by atoms with Gasteiger partial charge in [-0.3, -0.25) is 9.59 Å². The van der Waals surface area contributed by atoms with Gasteiger partial charge < -0.3 is 14.8 Å². The number of anilines is 1. The highest BCUT2D eigenvalue weighted by Gasteiger charge is 2.16. The van der Waals surface area contributed by atoms with Crippen LogP contribution in [-0.2, 0) is 11.3 Å². The molecule has 0 aliphatic heterocycles. The van der Waals surface area contributed by atoms with Crippen LogP contribution in [-0.4, -0.2) is 34.5 Å². The van der Waals surface area contributed by atoms with Crippen molar-refractivity contribution in [3.8, 4) is 17.3 Å². The van der Waals surface area contributed by atoms with Crippen molar-refractivity contribution in [3.05, 3.63) is 74.7 Å². The molecule has 0 saturated heterocycles. The maximum Gasteiger partial charge on any atom is 0.352 e. The number of benzene rings is 2. The molecule has 10 heteroatoms. The molecule has 156 valence electrons. The first kappa shape index (κ1) is 20.8. The summed E-state index contributed by atoms with van der Waals surface area (Å²) in [4.78, 5) is 37.0. The van der Waals surface area contributed by atoms with Gasteiger partial charge in [-0.05, 0) is 35.9 Å². The summed E-state index contributed by atoms with van der Waals surface area (Å²) in [5.74, 6) is -1.15. The number of carbonyl (C=O) groups excluding carboxylic acids is 1. The molecule has 1 amide bonds. The molecular formula is C20H19FN4O5. The Balaban J connectivity index is 2.13. The lowest BCUT2D eigenvalue weighted by atomic mass is 10.2. The van der Waals surface area contributed by atoms with Crippen LogP contribution in [0, 0.1) is 5.82 Å². The van der Waals surface area contributed by atoms with E-state index in [0.717, 1.165) is 9.25 Å². The third-order valence-electron chi connectivity index (χ3n) is 4.19. The molecule has 1 aromatic heterocycles. The average molecular weight is 414 g/mol. The van der Waals surface area contributed by atoms with Crippen molar-refractivity contribution in [2.45, 2.75) is 13.5 Å². The third-order valence-corrected chi connectivity index (χ3v) is 4.19. The van der Waals surface area contributed by atoms with Gasteiger partial charge >= 0.3 is 11.2 Å². The summed E-state index contributed by atoms with van der Waals surface area (Å²) in [5.41, 5.74) is -0.230. The van der Waals surface area contributed by atoms with Crippen LogP contribution in [0.15, 0.2) is 52.1 Å². The maximum absolute atomic E-state index is 13.7. The number of halogens is 1. The minimum Gasteiger partial charge on any atom is -0.494 e. The zero-order chi connectivity index (χ0) is 21.8. The van der Waals surface area contributed by atoms with Crippen molar-refractivity contribution in [1.82, 2.24) is 14.3 Å². The summed E-state index contributed by atoms with van der Waals surface area (Å²) in [5, 5.41) is 6.60. The average Bonchev–Trinajstić information content (AvgIpc) is 2.72. The SMILES string of the molecule is COc1cc(Cn2c(=O)c(OC)nn(-c3cccc(NC(C)=O)c3)c2=O)ccc1F. The van der Waals surface area contributed by atoms with Crippen LogP contribution in [0.25, 0.3) is 5.69 Å². The highest BCUT2D eigenvalue weighted by atomic mass is 19.1. The molecule has 3 aromatic rings. The molecule has 9 nitrogen and oxygen atoms in total. The monoisotopic (exact) mass is 414 g/mol. The van der Waals surface area contributed by atoms with Crippen molar-refractivity contribution >= 4 is 11.6 Å². The summed E-state index contributed by atoms with van der Waals surface area (Å²) >= 11 is 0. The van der Waals surface area contributed by atoms with E-state index in [-0.39, 0.29) is 24.1 Å². The normalized spacial score (nSPS) is 10.5. The lowest BCUT2D eigenvalue weighted by Crippen LogP contribution is -2.41. The molecular weight excluding hydrogens is 395 g/mol. The van der Waals surface area contributed by atoms with E-state index in [0.29, 0.717) is 16.9 Å². The molecule has 0 spiro atoms. The summed E-state index contributed by atoms with van der Waals surface area (Å²) in [6.07, 6.45) is 0. The van der Waals surface area contributed by atoms with E-state index in [9.17, 15) is 18.8 Å². The molecule has 1 heterocycles. The van der Waals surface area contributed by atoms with Crippen LogP contribution in [0.2, 0.25) is 0 Å². The van der Waals surface area contributed by atoms with Crippen LogP contribution in [0.5, 0.6) is 11.6 Å². The minimum absolute atomic E-state index is 0.00935. The van der Waals surface area contributed by atoms with E-state index in [2.05, 4.69) is 10.4 Å². The lowest BCUT2D eigenvalue weighted by Gasteiger charge is -2.13. The van der Waals surface area contributed by atoms with Crippen molar-refractivity contribution in [1.29, 1.82) is 0 Å². The quantitative estimate of drug-likeness (QED) is 0.656. The van der Waals surface area contributed by atoms with Gasteiger partial charge in [0.2, 0.25) is 5.91 Å². The Morgan fingerprint density at radius 1 is 1.13 bits per heavy atom. The van der Waals surface area contributed by atoms with Gasteiger partial charge in [0.05, 0.1) is 26.5 Å². The molecule has 2 aromatic carbocycles. The molecule has 0 unspecified atom stereocenters. The number of hydrogen-bond acceptors (Lipinski definition) is 6. The number of hydrogen-bond donors (Lipinski definition) is 1. The van der Waals surface area contributed by atoms with E-state index in [1.54, 1.807) is 18.2 Å². The zero-order valence-corrected chi connectivity index (χ0v) is 16.5. The molecule has 3 rings (SSSR count). The maximum atomic E-state index is 13.7. The number of amides is 1. The number of rotatable bonds is 6. The van der Waals surface area contributed by atoms with Crippen LogP contribution < -0.4 is 26.0 Å². The van der Waals surface area contributed by atoms with Gasteiger partial charge in [-0.15, -0.1) is 5.10 Å². The van der Waals surface area contributed by atoms with E-state index in [1.165, 1.54) is 45.4 Å². The predicted octanol–water partition coefficient (Wildman–Crippen LogP) is 1.56. The Labute approximate surface area is 170 Å². The van der Waals surface area contributed by atoms with Gasteiger partial charge in [-0.25, -0.2) is 13.8 Å². The van der Waals surface area contributed by atoms with Gasteiger partial charge in [0.1, 0.15) is 0 Å². The molecule has 30 heavy (non-hydrogen) atoms. The zero-order valence-electron chi connectivity index (χ0n) is 16.5. The summed E-state index contributed by atoms with van der Waals surface area (Å²) in [7, 11) is 2.58. The molecule has 0 aliphatic rings. The second-order valence-corrected chi connectivity index (χ2v) is 6.30. The van der Waals surface area contributed by atoms with Gasteiger partial charge in [-0.2, -0.15) is 4.68 Å². The van der Waals surface area contributed by atoms with E-state index < -0.39 is 17.1 Å². The number of carbonyl (C=O) groups is 1. The summed E-state index contributed by atoms with van der Waals surface area (Å²) < 4.78 is 25.6. The van der Waals surface area contributed by atoms with Crippen molar-refractivity contribution in [2.24, 2.45) is 0 Å². The topological polar surface area (TPSA) is 104 Å². The number of nitrogens with one attached hydrogen (secondary N) is 1. The molecule has 0 bridgehead atoms. The predicted molar refractivity (Wildman–Crippen MR) is 107 cm³/mol. The van der Waals surface area contributed by atoms with E-state index in [1.807, 2.05) is 0 Å². The molecule has 0 saturated carbocycles. The molecule has 0 aliphatic carbocycles. The fourth-order valence-corrected chi connectivity index (χ4v) is 2.83. The van der Waals surface area contributed by atoms with Crippen molar-refractivity contribution < 1.29 is 18.7 Å². The summed E-state index contributed by atoms with van der Waals surface area (Å²) in [6.45, 7) is 1.20. The lowest BCUT2D eigenvalue weighted by molar-refractivity contribution is -0.114. The van der Waals surface area contributed by atoms with Crippen LogP contribution >= 0.6 is 0 Å². The van der Waals surface area contributed by atoms with Gasteiger partial charge in [-0.1, -0.05) is 12.1 Å². The third kappa shape index (κ3) is 4.22. The number of ether oxygens (including phenoxy) is 2. The van der Waals surface area contributed by atoms with Gasteiger partial charge in [0.25, 0.3) is 5.88 Å². The smallest absolute Gasteiger partial charge is 0.352 e. The van der Waals surface area contributed by atoms with E-state index in [4.69, 9.17) is 9.47 Å². The first-order valence-electron chi connectivity index (χ1n) is 8.82. The molecule has 1 N–H and O–H groups in total. The summed E-state index contributed by atoms with van der Waals surface area (Å²) in [6, 6.07) is 10.4. The Kier molecular flexibility index (Phi) is 5.95. The highest BCUT2D eigenvalue weighted by molar-refractivity contribution is 5.88. The second kappa shape index (κ2) is 8.60. The first-order chi connectivity index (χ1) is 14.3. The van der Waals surface area contributed by atoms with Gasteiger partial charge in [0.15, 0.2) is 11.6 Å². The Bertz CT molecular complexity index is 1220.